The van der Waals surface area contributed by atoms with Gasteiger partial charge < -0.3 is 19.3 Å². The summed E-state index contributed by atoms with van der Waals surface area (Å²) in [7, 11) is 3.60. The Labute approximate surface area is 154 Å². The van der Waals surface area contributed by atoms with Gasteiger partial charge in [0.2, 0.25) is 11.9 Å². The van der Waals surface area contributed by atoms with Crippen LogP contribution in [0.5, 0.6) is 0 Å². The van der Waals surface area contributed by atoms with Crippen molar-refractivity contribution in [2.75, 3.05) is 71.5 Å². The number of morpholine rings is 1. The number of hydrogen-bond acceptors (Lipinski definition) is 7. The molecule has 2 fully saturated rings. The van der Waals surface area contributed by atoms with Gasteiger partial charge in [-0.2, -0.15) is 0 Å². The van der Waals surface area contributed by atoms with Crippen molar-refractivity contribution in [3.8, 4) is 0 Å². The number of hydrogen-bond donors (Lipinski definition) is 0. The minimum absolute atomic E-state index is 0.135. The summed E-state index contributed by atoms with van der Waals surface area (Å²) >= 11 is 0. The van der Waals surface area contributed by atoms with Crippen molar-refractivity contribution >= 4 is 11.9 Å². The molecule has 4 heterocycles. The van der Waals surface area contributed by atoms with Gasteiger partial charge in [0.15, 0.2) is 0 Å². The van der Waals surface area contributed by atoms with Gasteiger partial charge in [0.05, 0.1) is 44.1 Å². The Balaban J connectivity index is 1.57. The van der Waals surface area contributed by atoms with Crippen molar-refractivity contribution < 1.29 is 14.3 Å². The number of rotatable bonds is 3. The van der Waals surface area contributed by atoms with Gasteiger partial charge >= 0.3 is 0 Å². The van der Waals surface area contributed by atoms with Crippen molar-refractivity contribution in [2.45, 2.75) is 18.4 Å². The highest BCUT2D eigenvalue weighted by Crippen LogP contribution is 2.39. The molecule has 0 radical (unpaired) electrons. The normalized spacial score (nSPS) is 26.2. The number of carbonyl (C=O) groups excluding carboxylic acids is 1. The molecule has 1 spiro atoms. The molecule has 1 aromatic heterocycles. The Morgan fingerprint density at radius 3 is 2.85 bits per heavy atom. The van der Waals surface area contributed by atoms with Crippen LogP contribution in [-0.4, -0.2) is 92.3 Å². The molecule has 0 aromatic carbocycles. The fourth-order valence-corrected chi connectivity index (χ4v) is 4.04. The molecule has 0 saturated carbocycles. The standard InChI is InChI=1S/C18H27N5O3/c1-21(2)15(24)10-22-4-3-18(12-22)13-26-11-14-9-19-17(20-16(14)18)23-5-7-25-8-6-23/h9H,3-8,10-13H2,1-2H3/t18-/m0/s1. The quantitative estimate of drug-likeness (QED) is 0.743. The van der Waals surface area contributed by atoms with Crippen LogP contribution in [-0.2, 0) is 26.3 Å². The molecular formula is C18H27N5O3. The zero-order valence-corrected chi connectivity index (χ0v) is 15.6. The molecule has 1 amide bonds. The van der Waals surface area contributed by atoms with E-state index in [-0.39, 0.29) is 11.3 Å². The van der Waals surface area contributed by atoms with E-state index in [0.717, 1.165) is 63.0 Å². The molecule has 4 rings (SSSR count). The highest BCUT2D eigenvalue weighted by Gasteiger charge is 2.45. The van der Waals surface area contributed by atoms with Gasteiger partial charge in [0.1, 0.15) is 0 Å². The first-order valence-electron chi connectivity index (χ1n) is 9.27. The zero-order valence-electron chi connectivity index (χ0n) is 15.6. The van der Waals surface area contributed by atoms with Gasteiger partial charge in [-0.25, -0.2) is 9.97 Å². The van der Waals surface area contributed by atoms with Gasteiger partial charge in [-0.3, -0.25) is 9.69 Å². The third-order valence-corrected chi connectivity index (χ3v) is 5.57. The fourth-order valence-electron chi connectivity index (χ4n) is 4.04. The third kappa shape index (κ3) is 3.28. The number of aromatic nitrogens is 2. The van der Waals surface area contributed by atoms with Crippen LogP contribution in [0.15, 0.2) is 6.20 Å². The summed E-state index contributed by atoms with van der Waals surface area (Å²) in [6.45, 7) is 6.45. The Kier molecular flexibility index (Phi) is 4.81. The van der Waals surface area contributed by atoms with E-state index in [4.69, 9.17) is 14.5 Å². The van der Waals surface area contributed by atoms with Gasteiger partial charge in [0.25, 0.3) is 0 Å². The highest BCUT2D eigenvalue weighted by molar-refractivity contribution is 5.77. The number of anilines is 1. The second-order valence-corrected chi connectivity index (χ2v) is 7.67. The molecule has 1 aromatic rings. The van der Waals surface area contributed by atoms with Crippen LogP contribution in [0.1, 0.15) is 17.7 Å². The van der Waals surface area contributed by atoms with Crippen LogP contribution < -0.4 is 4.90 Å². The predicted octanol–water partition coefficient (Wildman–Crippen LogP) is -0.125. The first kappa shape index (κ1) is 17.6. The SMILES string of the molecule is CN(C)C(=O)CN1CC[C@@]2(COCc3cnc(N4CCOCC4)nc32)C1. The maximum atomic E-state index is 12.1. The van der Waals surface area contributed by atoms with Gasteiger partial charge in [-0.15, -0.1) is 0 Å². The van der Waals surface area contributed by atoms with Crippen LogP contribution >= 0.6 is 0 Å². The Morgan fingerprint density at radius 2 is 2.08 bits per heavy atom. The summed E-state index contributed by atoms with van der Waals surface area (Å²) in [6, 6.07) is 0. The minimum Gasteiger partial charge on any atom is -0.378 e. The molecule has 3 aliphatic heterocycles. The molecular weight excluding hydrogens is 334 g/mol. The van der Waals surface area contributed by atoms with E-state index in [9.17, 15) is 4.79 Å². The van der Waals surface area contributed by atoms with E-state index < -0.39 is 0 Å². The third-order valence-electron chi connectivity index (χ3n) is 5.57. The summed E-state index contributed by atoms with van der Waals surface area (Å²) in [5.74, 6) is 0.923. The Hall–Kier alpha value is -1.77. The fraction of sp³-hybridized carbons (Fsp3) is 0.722. The summed E-state index contributed by atoms with van der Waals surface area (Å²) < 4.78 is 11.3. The molecule has 3 aliphatic rings. The molecule has 0 N–H and O–H groups in total. The van der Waals surface area contributed by atoms with Crippen molar-refractivity contribution in [2.24, 2.45) is 0 Å². The molecule has 8 nitrogen and oxygen atoms in total. The average Bonchev–Trinajstić information content (AvgIpc) is 3.05. The lowest BCUT2D eigenvalue weighted by Gasteiger charge is -2.35. The summed E-state index contributed by atoms with van der Waals surface area (Å²) in [5.41, 5.74) is 2.05. The first-order chi connectivity index (χ1) is 12.6. The average molecular weight is 361 g/mol. The van der Waals surface area contributed by atoms with E-state index >= 15 is 0 Å². The van der Waals surface area contributed by atoms with Crippen LogP contribution in [0.4, 0.5) is 5.95 Å². The van der Waals surface area contributed by atoms with Crippen LogP contribution in [0.2, 0.25) is 0 Å². The van der Waals surface area contributed by atoms with Gasteiger partial charge in [0, 0.05) is 45.5 Å². The molecule has 142 valence electrons. The molecule has 26 heavy (non-hydrogen) atoms. The second-order valence-electron chi connectivity index (χ2n) is 7.67. The number of nitrogens with zero attached hydrogens (tertiary/aromatic N) is 5. The first-order valence-corrected chi connectivity index (χ1v) is 9.27. The summed E-state index contributed by atoms with van der Waals surface area (Å²) in [4.78, 5) is 27.7. The van der Waals surface area contributed by atoms with Crippen LogP contribution in [0, 0.1) is 0 Å². The molecule has 0 bridgehead atoms. The minimum atomic E-state index is -0.135. The number of ether oxygens (including phenoxy) is 2. The number of likely N-dealkylation sites (tertiary alicyclic amines) is 1. The zero-order chi connectivity index (χ0) is 18.1. The summed E-state index contributed by atoms with van der Waals surface area (Å²) in [5, 5.41) is 0. The number of amides is 1. The van der Waals surface area contributed by atoms with Gasteiger partial charge in [-0.1, -0.05) is 0 Å². The van der Waals surface area contributed by atoms with Crippen molar-refractivity contribution in [3.05, 3.63) is 17.5 Å². The van der Waals surface area contributed by atoms with E-state index in [1.165, 1.54) is 0 Å². The highest BCUT2D eigenvalue weighted by atomic mass is 16.5. The number of fused-ring (bicyclic) bond motifs is 2. The Bertz CT molecular complexity index is 677. The number of carbonyl (C=O) groups is 1. The number of likely N-dealkylation sites (N-methyl/N-ethyl adjacent to an activating group) is 1. The van der Waals surface area contributed by atoms with Crippen molar-refractivity contribution in [3.63, 3.8) is 0 Å². The lowest BCUT2D eigenvalue weighted by Crippen LogP contribution is -2.43. The Morgan fingerprint density at radius 1 is 1.27 bits per heavy atom. The monoisotopic (exact) mass is 361 g/mol. The molecule has 2 saturated heterocycles. The second kappa shape index (κ2) is 7.09. The predicted molar refractivity (Wildman–Crippen MR) is 96.1 cm³/mol. The van der Waals surface area contributed by atoms with Crippen LogP contribution in [0.25, 0.3) is 0 Å². The van der Waals surface area contributed by atoms with Crippen molar-refractivity contribution in [1.82, 2.24) is 19.8 Å². The maximum absolute atomic E-state index is 12.1. The summed E-state index contributed by atoms with van der Waals surface area (Å²) in [6.07, 6.45) is 2.88. The smallest absolute Gasteiger partial charge is 0.236 e. The topological polar surface area (TPSA) is 71.0 Å². The van der Waals surface area contributed by atoms with Crippen LogP contribution in [0.3, 0.4) is 0 Å². The molecule has 1 atom stereocenters. The lowest BCUT2D eigenvalue weighted by atomic mass is 9.80. The van der Waals surface area contributed by atoms with Gasteiger partial charge in [-0.05, 0) is 13.0 Å². The lowest BCUT2D eigenvalue weighted by molar-refractivity contribution is -0.129. The molecule has 8 heteroatoms. The molecule has 0 unspecified atom stereocenters. The largest absolute Gasteiger partial charge is 0.378 e. The van der Waals surface area contributed by atoms with E-state index in [1.54, 1.807) is 19.0 Å². The molecule has 0 aliphatic carbocycles. The van der Waals surface area contributed by atoms with E-state index in [1.807, 2.05) is 6.20 Å². The van der Waals surface area contributed by atoms with E-state index in [0.29, 0.717) is 19.8 Å². The van der Waals surface area contributed by atoms with Crippen molar-refractivity contribution in [1.29, 1.82) is 0 Å². The maximum Gasteiger partial charge on any atom is 0.236 e. The van der Waals surface area contributed by atoms with E-state index in [2.05, 4.69) is 14.8 Å².